The lowest BCUT2D eigenvalue weighted by atomic mass is 9.69. The molecule has 18 heavy (non-hydrogen) atoms. The molecular formula is C13H12ClF2NO. The van der Waals surface area contributed by atoms with Crippen molar-refractivity contribution in [2.45, 2.75) is 37.0 Å². The Morgan fingerprint density at radius 1 is 1.17 bits per heavy atom. The Hall–Kier alpha value is -1.16. The van der Waals surface area contributed by atoms with Crippen LogP contribution in [-0.2, 0) is 10.2 Å². The van der Waals surface area contributed by atoms with E-state index in [1.807, 2.05) is 6.07 Å². The second kappa shape index (κ2) is 3.67. The highest BCUT2D eigenvalue weighted by Gasteiger charge is 2.52. The van der Waals surface area contributed by atoms with Gasteiger partial charge in [0.25, 0.3) is 0 Å². The topological polar surface area (TPSA) is 29.1 Å². The van der Waals surface area contributed by atoms with E-state index in [2.05, 4.69) is 5.32 Å². The third-order valence-electron chi connectivity index (χ3n) is 4.04. The van der Waals surface area contributed by atoms with Crippen LogP contribution >= 0.6 is 11.6 Å². The SMILES string of the molecule is O=C1Nc2c(Cl)cccc2C12CCC(F)(F)CC2. The summed E-state index contributed by atoms with van der Waals surface area (Å²) < 4.78 is 26.5. The fraction of sp³-hybridized carbons (Fsp3) is 0.462. The lowest BCUT2D eigenvalue weighted by Crippen LogP contribution is -2.41. The Kier molecular flexibility index (Phi) is 2.43. The first-order valence-corrected chi connectivity index (χ1v) is 6.31. The second-order valence-corrected chi connectivity index (χ2v) is 5.46. The standard InChI is InChI=1S/C13H12ClF2NO/c14-9-3-1-2-8-10(9)17-11(18)12(8)4-6-13(15,16)7-5-12/h1-3H,4-7H2,(H,17,18). The van der Waals surface area contributed by atoms with Crippen molar-refractivity contribution in [1.29, 1.82) is 0 Å². The highest BCUT2D eigenvalue weighted by atomic mass is 35.5. The Morgan fingerprint density at radius 2 is 1.83 bits per heavy atom. The molecule has 1 aromatic rings. The van der Waals surface area contributed by atoms with Gasteiger partial charge >= 0.3 is 0 Å². The molecule has 2 aliphatic rings. The van der Waals surface area contributed by atoms with Gasteiger partial charge in [-0.1, -0.05) is 23.7 Å². The van der Waals surface area contributed by atoms with E-state index in [1.54, 1.807) is 12.1 Å². The predicted octanol–water partition coefficient (Wildman–Crippen LogP) is 3.74. The van der Waals surface area contributed by atoms with E-state index >= 15 is 0 Å². The van der Waals surface area contributed by atoms with Crippen molar-refractivity contribution >= 4 is 23.2 Å². The van der Waals surface area contributed by atoms with Gasteiger partial charge in [-0.05, 0) is 24.5 Å². The molecule has 1 aromatic carbocycles. The summed E-state index contributed by atoms with van der Waals surface area (Å²) >= 11 is 6.03. The molecule has 0 aromatic heterocycles. The average molecular weight is 272 g/mol. The number of halogens is 3. The number of anilines is 1. The van der Waals surface area contributed by atoms with Gasteiger partial charge < -0.3 is 5.32 Å². The van der Waals surface area contributed by atoms with E-state index in [0.717, 1.165) is 5.56 Å². The number of carbonyl (C=O) groups excluding carboxylic acids is 1. The Balaban J connectivity index is 2.05. The molecule has 1 fully saturated rings. The van der Waals surface area contributed by atoms with Crippen molar-refractivity contribution in [3.8, 4) is 0 Å². The van der Waals surface area contributed by atoms with Gasteiger partial charge in [0.1, 0.15) is 0 Å². The van der Waals surface area contributed by atoms with E-state index in [0.29, 0.717) is 10.7 Å². The molecule has 1 saturated carbocycles. The highest BCUT2D eigenvalue weighted by molar-refractivity contribution is 6.34. The molecule has 1 N–H and O–H groups in total. The van der Waals surface area contributed by atoms with Crippen molar-refractivity contribution in [2.75, 3.05) is 5.32 Å². The maximum absolute atomic E-state index is 13.3. The minimum atomic E-state index is -2.65. The molecule has 1 heterocycles. The minimum absolute atomic E-state index is 0.180. The third-order valence-corrected chi connectivity index (χ3v) is 4.35. The van der Waals surface area contributed by atoms with Gasteiger partial charge in [-0.2, -0.15) is 0 Å². The Morgan fingerprint density at radius 3 is 2.50 bits per heavy atom. The number of alkyl halides is 2. The van der Waals surface area contributed by atoms with E-state index in [9.17, 15) is 13.6 Å². The van der Waals surface area contributed by atoms with Crippen LogP contribution in [0.4, 0.5) is 14.5 Å². The minimum Gasteiger partial charge on any atom is -0.324 e. The zero-order chi connectivity index (χ0) is 13.0. The quantitative estimate of drug-likeness (QED) is 0.765. The molecule has 2 nitrogen and oxygen atoms in total. The number of rotatable bonds is 0. The van der Waals surface area contributed by atoms with E-state index in [4.69, 9.17) is 11.6 Å². The first-order chi connectivity index (χ1) is 8.45. The van der Waals surface area contributed by atoms with Crippen LogP contribution in [-0.4, -0.2) is 11.8 Å². The summed E-state index contributed by atoms with van der Waals surface area (Å²) in [6.07, 6.45) is -0.128. The predicted molar refractivity (Wildman–Crippen MR) is 65.2 cm³/mol. The number of hydrogen-bond donors (Lipinski definition) is 1. The summed E-state index contributed by atoms with van der Waals surface area (Å²) in [7, 11) is 0. The molecule has 3 rings (SSSR count). The second-order valence-electron chi connectivity index (χ2n) is 5.05. The van der Waals surface area contributed by atoms with Gasteiger partial charge in [-0.3, -0.25) is 4.79 Å². The zero-order valence-corrected chi connectivity index (χ0v) is 10.4. The summed E-state index contributed by atoms with van der Waals surface area (Å²) in [5.74, 6) is -2.84. The largest absolute Gasteiger partial charge is 0.324 e. The van der Waals surface area contributed by atoms with Gasteiger partial charge in [0.05, 0.1) is 16.1 Å². The molecule has 1 spiro atoms. The number of hydrogen-bond acceptors (Lipinski definition) is 1. The fourth-order valence-electron chi connectivity index (χ4n) is 2.94. The number of fused-ring (bicyclic) bond motifs is 2. The van der Waals surface area contributed by atoms with Crippen LogP contribution in [0.15, 0.2) is 18.2 Å². The summed E-state index contributed by atoms with van der Waals surface area (Å²) in [5.41, 5.74) is 0.562. The normalized spacial score (nSPS) is 23.8. The monoisotopic (exact) mass is 271 g/mol. The number of nitrogens with one attached hydrogen (secondary N) is 1. The summed E-state index contributed by atoms with van der Waals surface area (Å²) in [6, 6.07) is 5.26. The van der Waals surface area contributed by atoms with Crippen LogP contribution in [0.5, 0.6) is 0 Å². The van der Waals surface area contributed by atoms with Crippen LogP contribution in [0.2, 0.25) is 5.02 Å². The molecular weight excluding hydrogens is 260 g/mol. The summed E-state index contributed by atoms with van der Waals surface area (Å²) in [6.45, 7) is 0. The molecule has 0 radical (unpaired) electrons. The third kappa shape index (κ3) is 1.55. The number of benzene rings is 1. The molecule has 0 atom stereocenters. The summed E-state index contributed by atoms with van der Waals surface area (Å²) in [4.78, 5) is 12.2. The van der Waals surface area contributed by atoms with Crippen LogP contribution in [0.3, 0.4) is 0 Å². The lowest BCUT2D eigenvalue weighted by molar-refractivity contribution is -0.125. The molecule has 1 aliphatic carbocycles. The van der Waals surface area contributed by atoms with Gasteiger partial charge in [-0.25, -0.2) is 8.78 Å². The smallest absolute Gasteiger partial charge is 0.248 e. The number of amides is 1. The maximum Gasteiger partial charge on any atom is 0.248 e. The number of para-hydroxylation sites is 1. The molecule has 0 unspecified atom stereocenters. The van der Waals surface area contributed by atoms with Crippen molar-refractivity contribution in [1.82, 2.24) is 0 Å². The van der Waals surface area contributed by atoms with Crippen molar-refractivity contribution in [3.63, 3.8) is 0 Å². The Labute approximate surface area is 108 Å². The zero-order valence-electron chi connectivity index (χ0n) is 9.60. The van der Waals surface area contributed by atoms with Crippen LogP contribution < -0.4 is 5.32 Å². The molecule has 0 bridgehead atoms. The van der Waals surface area contributed by atoms with E-state index < -0.39 is 11.3 Å². The molecule has 96 valence electrons. The highest BCUT2D eigenvalue weighted by Crippen LogP contribution is 2.52. The van der Waals surface area contributed by atoms with Gasteiger partial charge in [0, 0.05) is 12.8 Å². The van der Waals surface area contributed by atoms with Crippen molar-refractivity contribution < 1.29 is 13.6 Å². The molecule has 1 amide bonds. The van der Waals surface area contributed by atoms with Crippen molar-refractivity contribution in [3.05, 3.63) is 28.8 Å². The molecule has 0 saturated heterocycles. The van der Waals surface area contributed by atoms with Gasteiger partial charge in [0.2, 0.25) is 11.8 Å². The van der Waals surface area contributed by atoms with E-state index in [1.165, 1.54) is 0 Å². The lowest BCUT2D eigenvalue weighted by Gasteiger charge is -2.35. The van der Waals surface area contributed by atoms with Crippen LogP contribution in [0, 0.1) is 0 Å². The maximum atomic E-state index is 13.3. The molecule has 5 heteroatoms. The summed E-state index contributed by atoms with van der Waals surface area (Å²) in [5, 5.41) is 3.21. The fourth-order valence-corrected chi connectivity index (χ4v) is 3.17. The first kappa shape index (κ1) is 11.9. The average Bonchev–Trinajstić information content (AvgIpc) is 2.59. The van der Waals surface area contributed by atoms with Gasteiger partial charge in [0.15, 0.2) is 0 Å². The molecule has 1 aliphatic heterocycles. The van der Waals surface area contributed by atoms with E-state index in [-0.39, 0.29) is 31.6 Å². The van der Waals surface area contributed by atoms with Crippen LogP contribution in [0.25, 0.3) is 0 Å². The Bertz CT molecular complexity index is 520. The van der Waals surface area contributed by atoms with Crippen LogP contribution in [0.1, 0.15) is 31.2 Å². The van der Waals surface area contributed by atoms with Gasteiger partial charge in [-0.15, -0.1) is 0 Å². The van der Waals surface area contributed by atoms with Crippen molar-refractivity contribution in [2.24, 2.45) is 0 Å². The first-order valence-electron chi connectivity index (χ1n) is 5.93. The number of carbonyl (C=O) groups is 1.